The van der Waals surface area contributed by atoms with Crippen molar-refractivity contribution in [2.45, 2.75) is 31.8 Å². The SMILES string of the molecule is C=C1CC2CC(=O)C([C@@H](O)c3ccccc3Br)C(C1)C2. The van der Waals surface area contributed by atoms with Crippen molar-refractivity contribution in [3.8, 4) is 0 Å². The van der Waals surface area contributed by atoms with Crippen LogP contribution in [0.25, 0.3) is 0 Å². The van der Waals surface area contributed by atoms with Gasteiger partial charge in [-0.15, -0.1) is 0 Å². The first-order valence-corrected chi connectivity index (χ1v) is 7.97. The van der Waals surface area contributed by atoms with E-state index >= 15 is 0 Å². The van der Waals surface area contributed by atoms with Crippen molar-refractivity contribution in [3.05, 3.63) is 46.5 Å². The summed E-state index contributed by atoms with van der Waals surface area (Å²) >= 11 is 3.47. The third-order valence-corrected chi connectivity index (χ3v) is 5.42. The maximum Gasteiger partial charge on any atom is 0.139 e. The second kappa shape index (κ2) is 5.45. The maximum absolute atomic E-state index is 12.4. The third kappa shape index (κ3) is 2.49. The predicted octanol–water partition coefficient (Wildman–Crippen LogP) is 4.04. The van der Waals surface area contributed by atoms with Gasteiger partial charge in [-0.25, -0.2) is 0 Å². The summed E-state index contributed by atoms with van der Waals surface area (Å²) in [5.74, 6) is 0.657. The van der Waals surface area contributed by atoms with Gasteiger partial charge >= 0.3 is 0 Å². The van der Waals surface area contributed by atoms with Gasteiger partial charge in [0.2, 0.25) is 0 Å². The molecule has 0 heterocycles. The van der Waals surface area contributed by atoms with Crippen molar-refractivity contribution in [2.75, 3.05) is 0 Å². The molecule has 2 saturated carbocycles. The largest absolute Gasteiger partial charge is 0.388 e. The second-order valence-corrected chi connectivity index (χ2v) is 7.04. The quantitative estimate of drug-likeness (QED) is 0.828. The zero-order valence-electron chi connectivity index (χ0n) is 11.4. The average molecular weight is 335 g/mol. The number of benzene rings is 1. The zero-order chi connectivity index (χ0) is 14.3. The number of allylic oxidation sites excluding steroid dienone is 1. The molecule has 0 spiro atoms. The summed E-state index contributed by atoms with van der Waals surface area (Å²) in [5.41, 5.74) is 2.06. The van der Waals surface area contributed by atoms with E-state index in [9.17, 15) is 9.90 Å². The second-order valence-electron chi connectivity index (χ2n) is 6.18. The first-order chi connectivity index (χ1) is 9.56. The Morgan fingerprint density at radius 2 is 2.00 bits per heavy atom. The number of hydrogen-bond donors (Lipinski definition) is 1. The van der Waals surface area contributed by atoms with Crippen LogP contribution in [0.2, 0.25) is 0 Å². The fraction of sp³-hybridized carbons (Fsp3) is 0.471. The van der Waals surface area contributed by atoms with Crippen LogP contribution in [0.5, 0.6) is 0 Å². The van der Waals surface area contributed by atoms with Gasteiger partial charge in [-0.2, -0.15) is 0 Å². The van der Waals surface area contributed by atoms with Gasteiger partial charge in [0.05, 0.1) is 12.0 Å². The van der Waals surface area contributed by atoms with E-state index in [4.69, 9.17) is 0 Å². The van der Waals surface area contributed by atoms with Crippen molar-refractivity contribution >= 4 is 21.7 Å². The number of carbonyl (C=O) groups excluding carboxylic acids is 1. The average Bonchev–Trinajstić information content (AvgIpc) is 2.37. The minimum atomic E-state index is -0.713. The minimum absolute atomic E-state index is 0.224. The lowest BCUT2D eigenvalue weighted by Gasteiger charge is -2.42. The summed E-state index contributed by atoms with van der Waals surface area (Å²) in [5, 5.41) is 10.7. The van der Waals surface area contributed by atoms with E-state index in [-0.39, 0.29) is 17.6 Å². The summed E-state index contributed by atoms with van der Waals surface area (Å²) in [6.45, 7) is 4.10. The first-order valence-electron chi connectivity index (χ1n) is 7.18. The zero-order valence-corrected chi connectivity index (χ0v) is 13.0. The molecule has 3 unspecified atom stereocenters. The molecular weight excluding hydrogens is 316 g/mol. The molecule has 0 saturated heterocycles. The normalized spacial score (nSPS) is 31.2. The monoisotopic (exact) mass is 334 g/mol. The fourth-order valence-electron chi connectivity index (χ4n) is 3.91. The van der Waals surface area contributed by atoms with E-state index in [0.29, 0.717) is 12.3 Å². The standard InChI is InChI=1S/C17H19BrO2/c1-10-6-11-8-12(7-10)16(15(19)9-11)17(20)13-4-2-3-5-14(13)18/h2-5,11-12,16-17,20H,1,6-9H2/t11?,12?,16?,17-/m0/s1. The van der Waals surface area contributed by atoms with Crippen molar-refractivity contribution in [3.63, 3.8) is 0 Å². The molecule has 1 aromatic rings. The molecule has 2 bridgehead atoms. The van der Waals surface area contributed by atoms with Crippen LogP contribution in [0.3, 0.4) is 0 Å². The highest BCUT2D eigenvalue weighted by molar-refractivity contribution is 9.10. The van der Waals surface area contributed by atoms with Gasteiger partial charge in [0, 0.05) is 10.9 Å². The summed E-state index contributed by atoms with van der Waals surface area (Å²) in [6.07, 6.45) is 2.81. The van der Waals surface area contributed by atoms with E-state index in [1.807, 2.05) is 24.3 Å². The molecule has 2 fully saturated rings. The van der Waals surface area contributed by atoms with Gasteiger partial charge in [0.15, 0.2) is 0 Å². The number of ketones is 1. The van der Waals surface area contributed by atoms with Crippen LogP contribution in [0.15, 0.2) is 40.9 Å². The molecule has 106 valence electrons. The maximum atomic E-state index is 12.4. The van der Waals surface area contributed by atoms with Gasteiger partial charge in [0.25, 0.3) is 0 Å². The molecule has 1 N–H and O–H groups in total. The van der Waals surface area contributed by atoms with E-state index in [1.54, 1.807) is 0 Å². The number of carbonyl (C=O) groups is 1. The van der Waals surface area contributed by atoms with E-state index < -0.39 is 6.10 Å². The Morgan fingerprint density at radius 1 is 1.25 bits per heavy atom. The minimum Gasteiger partial charge on any atom is -0.388 e. The van der Waals surface area contributed by atoms with Crippen molar-refractivity contribution in [2.24, 2.45) is 17.8 Å². The van der Waals surface area contributed by atoms with Gasteiger partial charge in [0.1, 0.15) is 5.78 Å². The number of aliphatic hydroxyl groups is 1. The van der Waals surface area contributed by atoms with Crippen LogP contribution < -0.4 is 0 Å². The number of halogens is 1. The van der Waals surface area contributed by atoms with Crippen LogP contribution in [-0.2, 0) is 4.79 Å². The Morgan fingerprint density at radius 3 is 2.75 bits per heavy atom. The summed E-state index contributed by atoms with van der Waals surface area (Å²) in [7, 11) is 0. The molecule has 3 heteroatoms. The summed E-state index contributed by atoms with van der Waals surface area (Å²) in [4.78, 5) is 12.4. The number of rotatable bonds is 2. The number of aliphatic hydroxyl groups excluding tert-OH is 1. The lowest BCUT2D eigenvalue weighted by molar-refractivity contribution is -0.134. The Hall–Kier alpha value is -0.930. The molecule has 20 heavy (non-hydrogen) atoms. The molecule has 2 nitrogen and oxygen atoms in total. The van der Waals surface area contributed by atoms with Crippen LogP contribution >= 0.6 is 15.9 Å². The first kappa shape index (κ1) is 14.0. The molecule has 1 aromatic carbocycles. The van der Waals surface area contributed by atoms with Crippen LogP contribution in [0, 0.1) is 17.8 Å². The Labute approximate surface area is 128 Å². The predicted molar refractivity (Wildman–Crippen MR) is 82.2 cm³/mol. The van der Waals surface area contributed by atoms with Gasteiger partial charge in [-0.1, -0.05) is 46.3 Å². The Balaban J connectivity index is 1.90. The van der Waals surface area contributed by atoms with Crippen LogP contribution in [0.4, 0.5) is 0 Å². The van der Waals surface area contributed by atoms with E-state index in [1.165, 1.54) is 5.57 Å². The lowest BCUT2D eigenvalue weighted by Crippen LogP contribution is -2.39. The highest BCUT2D eigenvalue weighted by Gasteiger charge is 2.43. The van der Waals surface area contributed by atoms with Crippen LogP contribution in [0.1, 0.15) is 37.4 Å². The summed E-state index contributed by atoms with van der Waals surface area (Å²) < 4.78 is 0.872. The van der Waals surface area contributed by atoms with Crippen molar-refractivity contribution in [1.82, 2.24) is 0 Å². The molecule has 4 atom stereocenters. The number of fused-ring (bicyclic) bond motifs is 2. The molecule has 0 aromatic heterocycles. The van der Waals surface area contributed by atoms with Gasteiger partial charge in [-0.05, 0) is 42.7 Å². The Kier molecular flexibility index (Phi) is 3.83. The molecular formula is C17H19BrO2. The summed E-state index contributed by atoms with van der Waals surface area (Å²) in [6, 6.07) is 7.63. The topological polar surface area (TPSA) is 37.3 Å². The van der Waals surface area contributed by atoms with Crippen molar-refractivity contribution in [1.29, 1.82) is 0 Å². The van der Waals surface area contributed by atoms with Crippen LogP contribution in [-0.4, -0.2) is 10.9 Å². The Bertz CT molecular complexity index is 552. The van der Waals surface area contributed by atoms with E-state index in [0.717, 1.165) is 29.3 Å². The van der Waals surface area contributed by atoms with Crippen molar-refractivity contribution < 1.29 is 9.90 Å². The molecule has 2 aliphatic carbocycles. The molecule has 0 radical (unpaired) electrons. The number of hydrogen-bond acceptors (Lipinski definition) is 2. The third-order valence-electron chi connectivity index (χ3n) is 4.70. The molecule has 3 rings (SSSR count). The fourth-order valence-corrected chi connectivity index (χ4v) is 4.43. The highest BCUT2D eigenvalue weighted by Crippen LogP contribution is 2.47. The number of Topliss-reactive ketones (excluding diaryl/α,β-unsaturated/α-hetero) is 1. The highest BCUT2D eigenvalue weighted by atomic mass is 79.9. The smallest absolute Gasteiger partial charge is 0.139 e. The molecule has 2 aliphatic rings. The van der Waals surface area contributed by atoms with Gasteiger partial charge < -0.3 is 5.11 Å². The molecule has 0 amide bonds. The lowest BCUT2D eigenvalue weighted by atomic mass is 9.63. The molecule has 0 aliphatic heterocycles. The van der Waals surface area contributed by atoms with E-state index in [2.05, 4.69) is 22.5 Å². The van der Waals surface area contributed by atoms with Gasteiger partial charge in [-0.3, -0.25) is 4.79 Å².